The Balaban J connectivity index is 2.86. The summed E-state index contributed by atoms with van der Waals surface area (Å²) < 4.78 is 0. The van der Waals surface area contributed by atoms with Gasteiger partial charge in [-0.15, -0.1) is 6.07 Å². The van der Waals surface area contributed by atoms with Gasteiger partial charge in [0, 0.05) is 5.02 Å². The smallest absolute Gasteiger partial charge is 0.0286 e. The van der Waals surface area contributed by atoms with Crippen molar-refractivity contribution in [3.8, 4) is 0 Å². The van der Waals surface area contributed by atoms with Crippen molar-refractivity contribution in [3.05, 3.63) is 29.5 Å². The van der Waals surface area contributed by atoms with Gasteiger partial charge in [-0.25, -0.2) is 0 Å². The maximum Gasteiger partial charge on any atom is 0.0286 e. The Morgan fingerprint density at radius 1 is 1.50 bits per heavy atom. The van der Waals surface area contributed by atoms with E-state index in [1.807, 2.05) is 12.1 Å². The van der Waals surface area contributed by atoms with Gasteiger partial charge in [0.25, 0.3) is 0 Å². The molecule has 2 nitrogen and oxygen atoms in total. The minimum Gasteiger partial charge on any atom is -0.461 e. The number of halogens is 1. The average molecular weight is 152 g/mol. The molecule has 1 heterocycles. The van der Waals surface area contributed by atoms with E-state index in [0.29, 0.717) is 5.02 Å². The molecular weight excluding hydrogens is 148 g/mol. The summed E-state index contributed by atoms with van der Waals surface area (Å²) in [6.45, 7) is 0. The van der Waals surface area contributed by atoms with Gasteiger partial charge in [-0.2, -0.15) is 0 Å². The predicted molar refractivity (Wildman–Crippen MR) is 39.9 cm³/mol. The van der Waals surface area contributed by atoms with Crippen LogP contribution in [0.4, 0.5) is 0 Å². The SMILES string of the molecule is Clc1ccc2[nH][c-]nc2c1. The predicted octanol–water partition coefficient (Wildman–Crippen LogP) is 2.02. The van der Waals surface area contributed by atoms with Gasteiger partial charge in [-0.05, 0) is 6.33 Å². The summed E-state index contributed by atoms with van der Waals surface area (Å²) >= 11 is 5.71. The number of fused-ring (bicyclic) bond motifs is 1. The lowest BCUT2D eigenvalue weighted by Crippen LogP contribution is -1.67. The summed E-state index contributed by atoms with van der Waals surface area (Å²) in [4.78, 5) is 6.77. The van der Waals surface area contributed by atoms with Gasteiger partial charge >= 0.3 is 0 Å². The molecule has 0 aliphatic carbocycles. The molecule has 50 valence electrons. The highest BCUT2D eigenvalue weighted by Gasteiger charge is 1.84. The Kier molecular flexibility index (Phi) is 1.14. The first-order valence-corrected chi connectivity index (χ1v) is 3.25. The van der Waals surface area contributed by atoms with Crippen LogP contribution in [-0.4, -0.2) is 9.97 Å². The van der Waals surface area contributed by atoms with E-state index in [4.69, 9.17) is 11.6 Å². The van der Waals surface area contributed by atoms with Crippen molar-refractivity contribution >= 4 is 22.6 Å². The zero-order valence-electron chi connectivity index (χ0n) is 5.06. The Morgan fingerprint density at radius 3 is 3.30 bits per heavy atom. The molecule has 0 atom stereocenters. The maximum absolute atomic E-state index is 5.71. The van der Waals surface area contributed by atoms with E-state index >= 15 is 0 Å². The van der Waals surface area contributed by atoms with Crippen LogP contribution in [0, 0.1) is 6.33 Å². The highest BCUT2D eigenvalue weighted by Crippen LogP contribution is 2.14. The fourth-order valence-corrected chi connectivity index (χ4v) is 1.02. The number of aromatic amines is 1. The number of imidazole rings is 1. The van der Waals surface area contributed by atoms with Crippen molar-refractivity contribution < 1.29 is 0 Å². The summed E-state index contributed by atoms with van der Waals surface area (Å²) in [6.07, 6.45) is 2.63. The minimum atomic E-state index is 0.702. The molecule has 0 aliphatic heterocycles. The standard InChI is InChI=1S/C7H4ClN2/c8-5-1-2-6-7(3-5)10-4-9-6/h1-3H,(H,9,10)/q-1. The molecule has 0 amide bonds. The molecule has 1 aromatic heterocycles. The third-order valence-electron chi connectivity index (χ3n) is 1.33. The van der Waals surface area contributed by atoms with Crippen molar-refractivity contribution in [3.63, 3.8) is 0 Å². The van der Waals surface area contributed by atoms with E-state index in [1.54, 1.807) is 6.07 Å². The fourth-order valence-electron chi connectivity index (χ4n) is 0.851. The van der Waals surface area contributed by atoms with Gasteiger partial charge in [-0.1, -0.05) is 34.8 Å². The number of nitrogens with zero attached hydrogens (tertiary/aromatic N) is 1. The second kappa shape index (κ2) is 1.99. The molecule has 0 saturated heterocycles. The Morgan fingerprint density at radius 2 is 2.40 bits per heavy atom. The lowest BCUT2D eigenvalue weighted by Gasteiger charge is -1.95. The van der Waals surface area contributed by atoms with Gasteiger partial charge in [0.2, 0.25) is 0 Å². The zero-order valence-corrected chi connectivity index (χ0v) is 5.81. The topological polar surface area (TPSA) is 28.7 Å². The van der Waals surface area contributed by atoms with Crippen molar-refractivity contribution in [2.45, 2.75) is 0 Å². The van der Waals surface area contributed by atoms with Crippen LogP contribution < -0.4 is 0 Å². The van der Waals surface area contributed by atoms with Crippen LogP contribution in [0.1, 0.15) is 0 Å². The molecule has 0 unspecified atom stereocenters. The largest absolute Gasteiger partial charge is 0.461 e. The molecule has 10 heavy (non-hydrogen) atoms. The van der Waals surface area contributed by atoms with Crippen molar-refractivity contribution in [2.75, 3.05) is 0 Å². The first-order chi connectivity index (χ1) is 4.86. The number of aromatic nitrogens is 2. The molecule has 1 N–H and O–H groups in total. The first kappa shape index (κ1) is 5.74. The van der Waals surface area contributed by atoms with Gasteiger partial charge in [-0.3, -0.25) is 0 Å². The number of hydrogen-bond acceptors (Lipinski definition) is 1. The van der Waals surface area contributed by atoms with Crippen LogP contribution in [0.15, 0.2) is 18.2 Å². The number of benzene rings is 1. The number of H-pyrrole nitrogens is 1. The molecule has 0 bridgehead atoms. The van der Waals surface area contributed by atoms with E-state index in [0.717, 1.165) is 11.0 Å². The highest BCUT2D eigenvalue weighted by molar-refractivity contribution is 6.31. The fraction of sp³-hybridized carbons (Fsp3) is 0. The maximum atomic E-state index is 5.71. The summed E-state index contributed by atoms with van der Waals surface area (Å²) in [7, 11) is 0. The third-order valence-corrected chi connectivity index (χ3v) is 1.56. The van der Waals surface area contributed by atoms with Gasteiger partial charge in [0.05, 0.1) is 0 Å². The lowest BCUT2D eigenvalue weighted by molar-refractivity contribution is 1.32. The van der Waals surface area contributed by atoms with Gasteiger partial charge < -0.3 is 9.97 Å². The molecule has 0 saturated carbocycles. The van der Waals surface area contributed by atoms with Crippen LogP contribution in [0.25, 0.3) is 11.0 Å². The minimum absolute atomic E-state index is 0.702. The molecule has 0 spiro atoms. The second-order valence-electron chi connectivity index (χ2n) is 2.01. The van der Waals surface area contributed by atoms with Crippen molar-refractivity contribution in [1.29, 1.82) is 0 Å². The lowest BCUT2D eigenvalue weighted by atomic mass is 10.3. The number of hydrogen-bond donors (Lipinski definition) is 1. The van der Waals surface area contributed by atoms with Crippen LogP contribution in [0.3, 0.4) is 0 Å². The van der Waals surface area contributed by atoms with E-state index in [2.05, 4.69) is 16.3 Å². The monoisotopic (exact) mass is 151 g/mol. The normalized spacial score (nSPS) is 10.5. The molecule has 2 aromatic rings. The van der Waals surface area contributed by atoms with E-state index in [9.17, 15) is 0 Å². The Labute approximate surface area is 62.8 Å². The Hall–Kier alpha value is -1.02. The molecular formula is C7H4ClN2-. The van der Waals surface area contributed by atoms with Crippen molar-refractivity contribution in [2.24, 2.45) is 0 Å². The van der Waals surface area contributed by atoms with Crippen LogP contribution in [-0.2, 0) is 0 Å². The van der Waals surface area contributed by atoms with E-state index in [1.165, 1.54) is 0 Å². The second-order valence-corrected chi connectivity index (χ2v) is 2.45. The van der Waals surface area contributed by atoms with E-state index in [-0.39, 0.29) is 0 Å². The van der Waals surface area contributed by atoms with Crippen LogP contribution in [0.5, 0.6) is 0 Å². The van der Waals surface area contributed by atoms with Crippen LogP contribution in [0.2, 0.25) is 5.02 Å². The summed E-state index contributed by atoms with van der Waals surface area (Å²) in [5, 5.41) is 0.702. The van der Waals surface area contributed by atoms with Crippen molar-refractivity contribution in [1.82, 2.24) is 9.97 Å². The Bertz CT molecular complexity index is 353. The highest BCUT2D eigenvalue weighted by atomic mass is 35.5. The van der Waals surface area contributed by atoms with Gasteiger partial charge in [0.1, 0.15) is 0 Å². The quantitative estimate of drug-likeness (QED) is 0.574. The molecule has 3 heteroatoms. The average Bonchev–Trinajstić information content (AvgIpc) is 2.33. The summed E-state index contributed by atoms with van der Waals surface area (Å²) in [6, 6.07) is 5.49. The van der Waals surface area contributed by atoms with E-state index < -0.39 is 0 Å². The third kappa shape index (κ3) is 0.772. The molecule has 0 aliphatic rings. The number of rotatable bonds is 0. The van der Waals surface area contributed by atoms with Crippen LogP contribution >= 0.6 is 11.6 Å². The number of nitrogens with one attached hydrogen (secondary N) is 1. The first-order valence-electron chi connectivity index (χ1n) is 2.87. The van der Waals surface area contributed by atoms with Gasteiger partial charge in [0.15, 0.2) is 0 Å². The molecule has 0 fully saturated rings. The molecule has 2 rings (SSSR count). The summed E-state index contributed by atoms with van der Waals surface area (Å²) in [5.41, 5.74) is 1.82. The zero-order chi connectivity index (χ0) is 6.97. The molecule has 0 radical (unpaired) electrons. The molecule has 1 aromatic carbocycles. The summed E-state index contributed by atoms with van der Waals surface area (Å²) in [5.74, 6) is 0.